The van der Waals surface area contributed by atoms with Gasteiger partial charge in [0.2, 0.25) is 5.78 Å². The summed E-state index contributed by atoms with van der Waals surface area (Å²) in [5, 5.41) is 11.4. The van der Waals surface area contributed by atoms with Crippen LogP contribution in [0.5, 0.6) is 0 Å². The highest BCUT2D eigenvalue weighted by Gasteiger charge is 2.38. The number of nitro benzene ring substituents is 1. The van der Waals surface area contributed by atoms with Crippen LogP contribution in [0.4, 0.5) is 11.4 Å². The molecule has 126 valence electrons. The van der Waals surface area contributed by atoms with Gasteiger partial charge >= 0.3 is 0 Å². The molecule has 0 radical (unpaired) electrons. The second-order valence-corrected chi connectivity index (χ2v) is 5.91. The predicted octanol–water partition coefficient (Wildman–Crippen LogP) is 2.21. The first kappa shape index (κ1) is 15.5. The Morgan fingerprint density at radius 3 is 2.12 bits per heavy atom. The van der Waals surface area contributed by atoms with E-state index in [1.807, 2.05) is 4.90 Å². The van der Waals surface area contributed by atoms with E-state index in [2.05, 4.69) is 0 Å². The van der Waals surface area contributed by atoms with Crippen LogP contribution in [0.2, 0.25) is 0 Å². The number of nitrogens with zero attached hydrogens (tertiary/aromatic N) is 2. The summed E-state index contributed by atoms with van der Waals surface area (Å²) in [4.78, 5) is 38.7. The van der Waals surface area contributed by atoms with Crippen LogP contribution in [-0.2, 0) is 4.74 Å². The van der Waals surface area contributed by atoms with Gasteiger partial charge in [-0.1, -0.05) is 24.3 Å². The highest BCUT2D eigenvalue weighted by molar-refractivity contribution is 6.31. The van der Waals surface area contributed by atoms with Crippen molar-refractivity contribution in [3.63, 3.8) is 0 Å². The number of ketones is 2. The molecule has 1 heterocycles. The first-order valence-electron chi connectivity index (χ1n) is 7.92. The summed E-state index contributed by atoms with van der Waals surface area (Å²) in [6, 6.07) is 9.31. The van der Waals surface area contributed by atoms with Crippen molar-refractivity contribution >= 4 is 22.9 Å². The molecule has 0 saturated carbocycles. The molecule has 25 heavy (non-hydrogen) atoms. The minimum atomic E-state index is -0.610. The number of rotatable bonds is 2. The van der Waals surface area contributed by atoms with Gasteiger partial charge in [-0.2, -0.15) is 0 Å². The van der Waals surface area contributed by atoms with E-state index in [1.54, 1.807) is 24.3 Å². The second-order valence-electron chi connectivity index (χ2n) is 5.91. The molecule has 7 nitrogen and oxygen atoms in total. The van der Waals surface area contributed by atoms with Gasteiger partial charge < -0.3 is 9.64 Å². The molecule has 1 fully saturated rings. The molecule has 0 N–H and O–H groups in total. The second kappa shape index (κ2) is 5.78. The van der Waals surface area contributed by atoms with Crippen LogP contribution in [0, 0.1) is 10.1 Å². The average molecular weight is 338 g/mol. The summed E-state index contributed by atoms with van der Waals surface area (Å²) in [7, 11) is 0. The van der Waals surface area contributed by atoms with Gasteiger partial charge in [0.25, 0.3) is 5.69 Å². The number of benzene rings is 2. The third kappa shape index (κ3) is 2.32. The van der Waals surface area contributed by atoms with Gasteiger partial charge in [0.15, 0.2) is 5.78 Å². The fourth-order valence-corrected chi connectivity index (χ4v) is 3.41. The van der Waals surface area contributed by atoms with Gasteiger partial charge in [-0.15, -0.1) is 0 Å². The molecule has 4 rings (SSSR count). The number of ether oxygens (including phenoxy) is 1. The quantitative estimate of drug-likeness (QED) is 0.526. The smallest absolute Gasteiger partial charge is 0.281 e. The van der Waals surface area contributed by atoms with Crippen LogP contribution >= 0.6 is 0 Å². The van der Waals surface area contributed by atoms with Crippen LogP contribution < -0.4 is 4.90 Å². The minimum absolute atomic E-state index is 0.113. The standard InChI is InChI=1S/C18H14N2O5/c21-17-11-3-1-2-4-12(11)18(22)16-14(20(23)24)6-5-13(15(16)17)19-7-9-25-10-8-19/h1-6H,7-10H2. The average Bonchev–Trinajstić information content (AvgIpc) is 2.65. The highest BCUT2D eigenvalue weighted by Crippen LogP contribution is 2.38. The number of hydrogen-bond donors (Lipinski definition) is 0. The molecule has 0 amide bonds. The van der Waals surface area contributed by atoms with Crippen LogP contribution in [-0.4, -0.2) is 42.8 Å². The van der Waals surface area contributed by atoms with E-state index < -0.39 is 10.7 Å². The van der Waals surface area contributed by atoms with E-state index in [9.17, 15) is 19.7 Å². The van der Waals surface area contributed by atoms with Crippen molar-refractivity contribution < 1.29 is 19.2 Å². The van der Waals surface area contributed by atoms with Gasteiger partial charge in [-0.3, -0.25) is 19.7 Å². The summed E-state index contributed by atoms with van der Waals surface area (Å²) in [5.41, 5.74) is 0.728. The number of hydrogen-bond acceptors (Lipinski definition) is 6. The summed E-state index contributed by atoms with van der Waals surface area (Å²) in [6.07, 6.45) is 0. The number of anilines is 1. The molecule has 1 aliphatic heterocycles. The Morgan fingerprint density at radius 1 is 0.920 bits per heavy atom. The third-order valence-corrected chi connectivity index (χ3v) is 4.58. The number of nitro groups is 1. The van der Waals surface area contributed by atoms with E-state index in [0.29, 0.717) is 32.0 Å². The van der Waals surface area contributed by atoms with Gasteiger partial charge in [0.05, 0.1) is 23.7 Å². The minimum Gasteiger partial charge on any atom is -0.378 e. The Bertz CT molecular complexity index is 916. The maximum Gasteiger partial charge on any atom is 0.281 e. The Kier molecular flexibility index (Phi) is 3.58. The number of fused-ring (bicyclic) bond motifs is 2. The van der Waals surface area contributed by atoms with Crippen molar-refractivity contribution in [3.8, 4) is 0 Å². The maximum atomic E-state index is 13.1. The molecule has 2 aromatic rings. The van der Waals surface area contributed by atoms with Crippen LogP contribution in [0.3, 0.4) is 0 Å². The Balaban J connectivity index is 1.98. The van der Waals surface area contributed by atoms with E-state index in [4.69, 9.17) is 4.74 Å². The highest BCUT2D eigenvalue weighted by atomic mass is 16.6. The first-order valence-corrected chi connectivity index (χ1v) is 7.92. The molecule has 1 aliphatic carbocycles. The van der Waals surface area contributed by atoms with Crippen molar-refractivity contribution in [2.24, 2.45) is 0 Å². The molecule has 0 unspecified atom stereocenters. The third-order valence-electron chi connectivity index (χ3n) is 4.58. The number of morpholine rings is 1. The van der Waals surface area contributed by atoms with Gasteiger partial charge in [0, 0.05) is 36.0 Å². The lowest BCUT2D eigenvalue weighted by molar-refractivity contribution is -0.385. The zero-order valence-corrected chi connectivity index (χ0v) is 13.2. The molecule has 1 saturated heterocycles. The summed E-state index contributed by atoms with van der Waals surface area (Å²) >= 11 is 0. The molecular weight excluding hydrogens is 324 g/mol. The van der Waals surface area contributed by atoms with Crippen molar-refractivity contribution in [1.82, 2.24) is 0 Å². The lowest BCUT2D eigenvalue weighted by atomic mass is 9.82. The summed E-state index contributed by atoms with van der Waals surface area (Å²) < 4.78 is 5.33. The summed E-state index contributed by atoms with van der Waals surface area (Å²) in [6.45, 7) is 2.13. The van der Waals surface area contributed by atoms with Crippen molar-refractivity contribution in [3.05, 3.63) is 68.8 Å². The molecule has 7 heteroatoms. The van der Waals surface area contributed by atoms with Crippen LogP contribution in [0.1, 0.15) is 31.8 Å². The number of carbonyl (C=O) groups is 2. The molecular formula is C18H14N2O5. The van der Waals surface area contributed by atoms with Crippen molar-refractivity contribution in [1.29, 1.82) is 0 Å². The van der Waals surface area contributed by atoms with Crippen LogP contribution in [0.15, 0.2) is 36.4 Å². The molecule has 0 aromatic heterocycles. The van der Waals surface area contributed by atoms with Crippen molar-refractivity contribution in [2.75, 3.05) is 31.2 Å². The number of carbonyl (C=O) groups excluding carboxylic acids is 2. The Labute approximate surface area is 143 Å². The Hall–Kier alpha value is -3.06. The molecule has 0 spiro atoms. The molecule has 2 aliphatic rings. The molecule has 2 aromatic carbocycles. The monoisotopic (exact) mass is 338 g/mol. The fraction of sp³-hybridized carbons (Fsp3) is 0.222. The van der Waals surface area contributed by atoms with Crippen molar-refractivity contribution in [2.45, 2.75) is 0 Å². The van der Waals surface area contributed by atoms with Crippen LogP contribution in [0.25, 0.3) is 0 Å². The topological polar surface area (TPSA) is 89.8 Å². The van der Waals surface area contributed by atoms with Gasteiger partial charge in [0.1, 0.15) is 5.56 Å². The zero-order chi connectivity index (χ0) is 17.6. The van der Waals surface area contributed by atoms with E-state index in [-0.39, 0.29) is 33.7 Å². The largest absolute Gasteiger partial charge is 0.378 e. The lowest BCUT2D eigenvalue weighted by Gasteiger charge is -2.31. The maximum absolute atomic E-state index is 13.1. The zero-order valence-electron chi connectivity index (χ0n) is 13.2. The van der Waals surface area contributed by atoms with Gasteiger partial charge in [-0.25, -0.2) is 0 Å². The van der Waals surface area contributed by atoms with E-state index >= 15 is 0 Å². The summed E-state index contributed by atoms with van der Waals surface area (Å²) in [5.74, 6) is -0.831. The first-order chi connectivity index (χ1) is 12.1. The van der Waals surface area contributed by atoms with E-state index in [0.717, 1.165) is 0 Å². The molecule has 0 bridgehead atoms. The Morgan fingerprint density at radius 2 is 1.52 bits per heavy atom. The normalized spacial score (nSPS) is 16.4. The van der Waals surface area contributed by atoms with Gasteiger partial charge in [-0.05, 0) is 6.07 Å². The van der Waals surface area contributed by atoms with E-state index in [1.165, 1.54) is 12.1 Å². The molecule has 0 atom stereocenters. The predicted molar refractivity (Wildman–Crippen MR) is 89.4 cm³/mol. The fourth-order valence-electron chi connectivity index (χ4n) is 3.41. The lowest BCUT2D eigenvalue weighted by Crippen LogP contribution is -2.38. The SMILES string of the molecule is O=C1c2ccccc2C(=O)c2c([N+](=O)[O-])ccc(N3CCOCC3)c21.